The van der Waals surface area contributed by atoms with Crippen LogP contribution in [-0.2, 0) is 16.1 Å². The minimum atomic E-state index is -0.404. The summed E-state index contributed by atoms with van der Waals surface area (Å²) in [6.45, 7) is 1.66. The zero-order valence-corrected chi connectivity index (χ0v) is 19.3. The van der Waals surface area contributed by atoms with Crippen molar-refractivity contribution in [2.75, 3.05) is 24.7 Å². The third-order valence-corrected chi connectivity index (χ3v) is 6.21. The molecule has 1 fully saturated rings. The molecule has 0 aliphatic carbocycles. The highest BCUT2D eigenvalue weighted by atomic mass is 35.5. The molecule has 33 heavy (non-hydrogen) atoms. The molecule has 0 saturated carbocycles. The van der Waals surface area contributed by atoms with Crippen LogP contribution in [0.1, 0.15) is 21.7 Å². The van der Waals surface area contributed by atoms with Crippen molar-refractivity contribution < 1.29 is 18.8 Å². The predicted octanol–water partition coefficient (Wildman–Crippen LogP) is 4.37. The first-order valence-electron chi connectivity index (χ1n) is 10.2. The molecule has 0 N–H and O–H groups in total. The molecule has 1 aliphatic heterocycles. The van der Waals surface area contributed by atoms with Crippen LogP contribution in [0.25, 0.3) is 0 Å². The van der Waals surface area contributed by atoms with E-state index in [1.54, 1.807) is 54.6 Å². The Balaban J connectivity index is 1.53. The first-order chi connectivity index (χ1) is 15.8. The molecule has 170 valence electrons. The summed E-state index contributed by atoms with van der Waals surface area (Å²) in [5.41, 5.74) is 1.70. The van der Waals surface area contributed by atoms with Gasteiger partial charge in [-0.25, -0.2) is 0 Å². The van der Waals surface area contributed by atoms with Gasteiger partial charge < -0.3 is 14.2 Å². The quantitative estimate of drug-likeness (QED) is 0.519. The van der Waals surface area contributed by atoms with Gasteiger partial charge in [-0.1, -0.05) is 41.4 Å². The maximum atomic E-state index is 13.2. The number of rotatable bonds is 6. The number of carbonyl (C=O) groups is 3. The van der Waals surface area contributed by atoms with Crippen molar-refractivity contribution in [3.05, 3.63) is 87.8 Å². The zero-order valence-electron chi connectivity index (χ0n) is 17.8. The average Bonchev–Trinajstić information content (AvgIpc) is 3.45. The van der Waals surface area contributed by atoms with E-state index in [4.69, 9.17) is 27.6 Å². The van der Waals surface area contributed by atoms with Gasteiger partial charge in [0.05, 0.1) is 23.4 Å². The maximum Gasteiger partial charge on any atom is 0.256 e. The lowest BCUT2D eigenvalue weighted by Gasteiger charge is -2.25. The van der Waals surface area contributed by atoms with Gasteiger partial charge in [-0.05, 0) is 48.9 Å². The molecule has 2 heterocycles. The van der Waals surface area contributed by atoms with Gasteiger partial charge in [0.25, 0.3) is 5.91 Å². The lowest BCUT2D eigenvalue weighted by molar-refractivity contribution is -0.132. The maximum absolute atomic E-state index is 13.2. The Morgan fingerprint density at radius 2 is 1.79 bits per heavy atom. The summed E-state index contributed by atoms with van der Waals surface area (Å²) in [5.74, 6) is -0.462. The van der Waals surface area contributed by atoms with E-state index in [0.29, 0.717) is 21.5 Å². The topological polar surface area (TPSA) is 74.1 Å². The highest BCUT2D eigenvalue weighted by molar-refractivity contribution is 6.33. The van der Waals surface area contributed by atoms with Crippen molar-refractivity contribution >= 4 is 46.6 Å². The summed E-state index contributed by atoms with van der Waals surface area (Å²) in [7, 11) is 0. The van der Waals surface area contributed by atoms with E-state index in [-0.39, 0.29) is 43.7 Å². The monoisotopic (exact) mass is 485 g/mol. The molecule has 1 saturated heterocycles. The smallest absolute Gasteiger partial charge is 0.256 e. The van der Waals surface area contributed by atoms with Crippen molar-refractivity contribution in [1.82, 2.24) is 9.80 Å². The molecule has 1 aliphatic rings. The average molecular weight is 486 g/mol. The van der Waals surface area contributed by atoms with Crippen molar-refractivity contribution in [2.24, 2.45) is 0 Å². The van der Waals surface area contributed by atoms with E-state index in [0.717, 1.165) is 5.56 Å². The van der Waals surface area contributed by atoms with Crippen molar-refractivity contribution in [3.8, 4) is 0 Å². The van der Waals surface area contributed by atoms with Crippen LogP contribution < -0.4 is 4.90 Å². The normalized spacial score (nSPS) is 13.5. The Labute approximate surface area is 201 Å². The molecule has 0 atom stereocenters. The van der Waals surface area contributed by atoms with Crippen LogP contribution in [0.15, 0.2) is 65.3 Å². The fraction of sp³-hybridized carbons (Fsp3) is 0.208. The first-order valence-corrected chi connectivity index (χ1v) is 11.0. The Morgan fingerprint density at radius 1 is 1.03 bits per heavy atom. The molecule has 7 nitrogen and oxygen atoms in total. The fourth-order valence-electron chi connectivity index (χ4n) is 3.67. The van der Waals surface area contributed by atoms with E-state index >= 15 is 0 Å². The number of halogens is 2. The van der Waals surface area contributed by atoms with Gasteiger partial charge in [0.15, 0.2) is 0 Å². The molecule has 0 spiro atoms. The molecular formula is C24H21Cl2N3O4. The Morgan fingerprint density at radius 3 is 2.52 bits per heavy atom. The van der Waals surface area contributed by atoms with Gasteiger partial charge in [0.2, 0.25) is 11.8 Å². The van der Waals surface area contributed by atoms with Gasteiger partial charge in [-0.2, -0.15) is 0 Å². The summed E-state index contributed by atoms with van der Waals surface area (Å²) in [6, 6.07) is 15.4. The number of hydrogen-bond donors (Lipinski definition) is 0. The molecule has 1 aromatic heterocycles. The van der Waals surface area contributed by atoms with Gasteiger partial charge in [-0.15, -0.1) is 0 Å². The number of benzene rings is 2. The lowest BCUT2D eigenvalue weighted by atomic mass is 10.2. The summed E-state index contributed by atoms with van der Waals surface area (Å²) in [6.07, 6.45) is 1.50. The van der Waals surface area contributed by atoms with Crippen LogP contribution in [0.3, 0.4) is 0 Å². The van der Waals surface area contributed by atoms with Crippen LogP contribution in [0.4, 0.5) is 5.69 Å². The van der Waals surface area contributed by atoms with Crippen molar-refractivity contribution in [1.29, 1.82) is 0 Å². The number of anilines is 1. The minimum Gasteiger partial charge on any atom is -0.467 e. The Kier molecular flexibility index (Phi) is 6.72. The van der Waals surface area contributed by atoms with Gasteiger partial charge in [0, 0.05) is 10.7 Å². The number of hydrogen-bond acceptors (Lipinski definition) is 4. The van der Waals surface area contributed by atoms with Crippen LogP contribution in [0.5, 0.6) is 0 Å². The summed E-state index contributed by atoms with van der Waals surface area (Å²) in [5, 5.41) is 0.832. The Hall–Kier alpha value is -3.29. The van der Waals surface area contributed by atoms with Crippen LogP contribution >= 0.6 is 23.2 Å². The second-order valence-corrected chi connectivity index (χ2v) is 8.47. The third kappa shape index (κ3) is 4.89. The first kappa shape index (κ1) is 22.9. The van der Waals surface area contributed by atoms with E-state index in [1.807, 2.05) is 6.92 Å². The van der Waals surface area contributed by atoms with E-state index in [1.165, 1.54) is 21.0 Å². The minimum absolute atomic E-state index is 0.0771. The number of furan rings is 1. The van der Waals surface area contributed by atoms with Crippen LogP contribution in [0.2, 0.25) is 10.0 Å². The van der Waals surface area contributed by atoms with Crippen molar-refractivity contribution in [3.63, 3.8) is 0 Å². The highest BCUT2D eigenvalue weighted by Gasteiger charge is 2.34. The molecule has 2 aromatic carbocycles. The number of nitrogens with zero attached hydrogens (tertiary/aromatic N) is 3. The molecule has 0 radical (unpaired) electrons. The van der Waals surface area contributed by atoms with Crippen LogP contribution in [-0.4, -0.2) is 47.3 Å². The van der Waals surface area contributed by atoms with E-state index in [2.05, 4.69) is 0 Å². The summed E-state index contributed by atoms with van der Waals surface area (Å²) in [4.78, 5) is 43.3. The molecule has 0 bridgehead atoms. The number of carbonyl (C=O) groups excluding carboxylic acids is 3. The Bertz CT molecular complexity index is 1200. The molecule has 0 unspecified atom stereocenters. The van der Waals surface area contributed by atoms with E-state index < -0.39 is 5.91 Å². The highest BCUT2D eigenvalue weighted by Crippen LogP contribution is 2.29. The molecule has 3 amide bonds. The third-order valence-electron chi connectivity index (χ3n) is 5.47. The van der Waals surface area contributed by atoms with Gasteiger partial charge >= 0.3 is 0 Å². The largest absolute Gasteiger partial charge is 0.467 e. The molecule has 4 rings (SSSR count). The molecule has 9 heteroatoms. The lowest BCUT2D eigenvalue weighted by Crippen LogP contribution is -2.42. The predicted molar refractivity (Wildman–Crippen MR) is 125 cm³/mol. The second kappa shape index (κ2) is 9.68. The summed E-state index contributed by atoms with van der Waals surface area (Å²) >= 11 is 12.4. The molecular weight excluding hydrogens is 465 g/mol. The fourth-order valence-corrected chi connectivity index (χ4v) is 4.06. The second-order valence-electron chi connectivity index (χ2n) is 7.66. The SMILES string of the molecule is Cc1c(Cl)cccc1N1CN(C(=O)CN(Cc2ccco2)C(=O)c2ccccc2Cl)CC1=O. The van der Waals surface area contributed by atoms with Gasteiger partial charge in [0.1, 0.15) is 25.5 Å². The van der Waals surface area contributed by atoms with E-state index in [9.17, 15) is 14.4 Å². The standard InChI is InChI=1S/C24H21Cl2N3O4/c1-16-19(25)9-4-10-21(16)29-15-28(14-23(29)31)22(30)13-27(12-17-6-5-11-33-17)24(32)18-7-2-3-8-20(18)26/h2-11H,12-15H2,1H3. The van der Waals surface area contributed by atoms with Crippen LogP contribution in [0, 0.1) is 6.92 Å². The zero-order chi connectivity index (χ0) is 23.5. The summed E-state index contributed by atoms with van der Waals surface area (Å²) < 4.78 is 5.38. The number of amides is 3. The molecule has 3 aromatic rings. The van der Waals surface area contributed by atoms with Crippen molar-refractivity contribution in [2.45, 2.75) is 13.5 Å². The van der Waals surface area contributed by atoms with Gasteiger partial charge in [-0.3, -0.25) is 19.3 Å².